The Morgan fingerprint density at radius 1 is 1.33 bits per heavy atom. The molecule has 21 heavy (non-hydrogen) atoms. The van der Waals surface area contributed by atoms with Gasteiger partial charge in [0, 0.05) is 18.3 Å². The highest BCUT2D eigenvalue weighted by molar-refractivity contribution is 6.30. The number of amides is 1. The van der Waals surface area contributed by atoms with Crippen LogP contribution < -0.4 is 5.32 Å². The third-order valence-electron chi connectivity index (χ3n) is 3.03. The molecule has 0 aliphatic carbocycles. The van der Waals surface area contributed by atoms with Crippen molar-refractivity contribution in [3.63, 3.8) is 0 Å². The fourth-order valence-corrected chi connectivity index (χ4v) is 2.08. The normalized spacial score (nSPS) is 12.5. The van der Waals surface area contributed by atoms with Gasteiger partial charge in [-0.1, -0.05) is 23.7 Å². The van der Waals surface area contributed by atoms with Crippen LogP contribution in [-0.2, 0) is 7.05 Å². The van der Waals surface area contributed by atoms with Crippen LogP contribution in [0.25, 0.3) is 0 Å². The topological polar surface area (TPSA) is 46.9 Å². The first-order valence-electron chi connectivity index (χ1n) is 6.26. The van der Waals surface area contributed by atoms with Gasteiger partial charge in [0.2, 0.25) is 0 Å². The van der Waals surface area contributed by atoms with Gasteiger partial charge in [-0.25, -0.2) is 8.78 Å². The van der Waals surface area contributed by atoms with Crippen molar-refractivity contribution in [2.75, 3.05) is 0 Å². The second kappa shape index (κ2) is 6.22. The van der Waals surface area contributed by atoms with Crippen LogP contribution in [-0.4, -0.2) is 15.7 Å². The number of benzene rings is 1. The molecule has 1 unspecified atom stereocenters. The van der Waals surface area contributed by atoms with Crippen molar-refractivity contribution in [2.24, 2.45) is 7.05 Å². The summed E-state index contributed by atoms with van der Waals surface area (Å²) in [5, 5.41) is 6.87. The highest BCUT2D eigenvalue weighted by Crippen LogP contribution is 2.22. The van der Waals surface area contributed by atoms with E-state index in [-0.39, 0.29) is 11.6 Å². The maximum Gasteiger partial charge on any atom is 0.282 e. The van der Waals surface area contributed by atoms with Gasteiger partial charge < -0.3 is 5.32 Å². The lowest BCUT2D eigenvalue weighted by atomic mass is 10.1. The number of nitrogens with zero attached hydrogens (tertiary/aromatic N) is 2. The van der Waals surface area contributed by atoms with E-state index in [0.717, 1.165) is 5.56 Å². The molecule has 4 nitrogen and oxygen atoms in total. The third kappa shape index (κ3) is 3.58. The predicted octanol–water partition coefficient (Wildman–Crippen LogP) is 3.50. The summed E-state index contributed by atoms with van der Waals surface area (Å²) in [6.07, 6.45) is -1.51. The number of carbonyl (C=O) groups excluding carboxylic acids is 1. The molecule has 1 N–H and O–H groups in total. The summed E-state index contributed by atoms with van der Waals surface area (Å²) >= 11 is 5.79. The van der Waals surface area contributed by atoms with Gasteiger partial charge in [0.1, 0.15) is 5.69 Å². The van der Waals surface area contributed by atoms with Crippen molar-refractivity contribution in [2.45, 2.75) is 19.4 Å². The van der Waals surface area contributed by atoms with E-state index in [9.17, 15) is 13.6 Å². The molecule has 0 radical (unpaired) electrons. The quantitative estimate of drug-likeness (QED) is 0.939. The molecule has 0 aliphatic heterocycles. The van der Waals surface area contributed by atoms with Gasteiger partial charge in [-0.05, 0) is 24.6 Å². The Kier molecular flexibility index (Phi) is 4.57. The number of alkyl halides is 2. The first-order chi connectivity index (χ1) is 9.88. The highest BCUT2D eigenvalue weighted by atomic mass is 35.5. The van der Waals surface area contributed by atoms with Gasteiger partial charge in [-0.15, -0.1) is 0 Å². The van der Waals surface area contributed by atoms with Crippen LogP contribution in [0.4, 0.5) is 8.78 Å². The molecule has 1 aromatic carbocycles. The van der Waals surface area contributed by atoms with Crippen LogP contribution in [0, 0.1) is 0 Å². The minimum atomic E-state index is -2.79. The first-order valence-corrected chi connectivity index (χ1v) is 6.64. The molecule has 0 saturated heterocycles. The molecule has 0 saturated carbocycles. The Bertz CT molecular complexity index is 640. The number of hydrogen-bond donors (Lipinski definition) is 1. The Morgan fingerprint density at radius 2 is 1.95 bits per heavy atom. The van der Waals surface area contributed by atoms with Crippen LogP contribution in [0.5, 0.6) is 0 Å². The van der Waals surface area contributed by atoms with E-state index in [1.54, 1.807) is 31.2 Å². The molecule has 2 rings (SSSR count). The van der Waals surface area contributed by atoms with E-state index in [1.165, 1.54) is 17.9 Å². The van der Waals surface area contributed by atoms with Crippen molar-refractivity contribution in [3.05, 3.63) is 52.3 Å². The molecule has 7 heteroatoms. The first kappa shape index (κ1) is 15.4. The third-order valence-corrected chi connectivity index (χ3v) is 3.28. The molecule has 0 fully saturated rings. The number of carbonyl (C=O) groups is 1. The van der Waals surface area contributed by atoms with Crippen molar-refractivity contribution >= 4 is 17.5 Å². The molecule has 112 valence electrons. The van der Waals surface area contributed by atoms with Crippen LogP contribution in [0.2, 0.25) is 5.02 Å². The molecule has 0 spiro atoms. The van der Waals surface area contributed by atoms with Gasteiger partial charge >= 0.3 is 0 Å². The maximum absolute atomic E-state index is 12.8. The summed E-state index contributed by atoms with van der Waals surface area (Å²) in [6.45, 7) is 1.76. The average Bonchev–Trinajstić information content (AvgIpc) is 2.82. The Hall–Kier alpha value is -1.95. The van der Waals surface area contributed by atoms with Crippen LogP contribution in [0.3, 0.4) is 0 Å². The minimum Gasteiger partial charge on any atom is -0.345 e. The average molecular weight is 314 g/mol. The van der Waals surface area contributed by atoms with E-state index >= 15 is 0 Å². The number of aromatic nitrogens is 2. The highest BCUT2D eigenvalue weighted by Gasteiger charge is 2.23. The summed E-state index contributed by atoms with van der Waals surface area (Å²) in [7, 11) is 1.49. The Labute approximate surface area is 125 Å². The predicted molar refractivity (Wildman–Crippen MR) is 75.5 cm³/mol. The fourth-order valence-electron chi connectivity index (χ4n) is 1.95. The summed E-state index contributed by atoms with van der Waals surface area (Å²) in [5.41, 5.74) is 0.196. The van der Waals surface area contributed by atoms with Crippen molar-refractivity contribution < 1.29 is 13.6 Å². The molecule has 1 atom stereocenters. The van der Waals surface area contributed by atoms with Crippen LogP contribution in [0.1, 0.15) is 41.0 Å². The molecule has 1 amide bonds. The van der Waals surface area contributed by atoms with E-state index in [2.05, 4.69) is 10.4 Å². The van der Waals surface area contributed by atoms with E-state index < -0.39 is 18.0 Å². The number of halogens is 3. The van der Waals surface area contributed by atoms with Crippen molar-refractivity contribution in [1.82, 2.24) is 15.1 Å². The second-order valence-electron chi connectivity index (χ2n) is 4.65. The molecule has 2 aromatic rings. The second-order valence-corrected chi connectivity index (χ2v) is 5.09. The lowest BCUT2D eigenvalue weighted by Crippen LogP contribution is -2.27. The summed E-state index contributed by atoms with van der Waals surface area (Å²) in [6, 6.07) is 6.61. The summed E-state index contributed by atoms with van der Waals surface area (Å²) < 4.78 is 26.9. The zero-order chi connectivity index (χ0) is 15.6. The molecule has 0 bridgehead atoms. The maximum atomic E-state index is 12.8. The number of nitrogens with one attached hydrogen (secondary N) is 1. The van der Waals surface area contributed by atoms with E-state index in [4.69, 9.17) is 11.6 Å². The smallest absolute Gasteiger partial charge is 0.282 e. The monoisotopic (exact) mass is 313 g/mol. The van der Waals surface area contributed by atoms with E-state index in [0.29, 0.717) is 5.02 Å². The van der Waals surface area contributed by atoms with Gasteiger partial charge in [0.05, 0.1) is 11.6 Å². The van der Waals surface area contributed by atoms with E-state index in [1.807, 2.05) is 0 Å². The van der Waals surface area contributed by atoms with Crippen LogP contribution >= 0.6 is 11.6 Å². The lowest BCUT2D eigenvalue weighted by Gasteiger charge is -2.14. The van der Waals surface area contributed by atoms with Gasteiger partial charge in [-0.2, -0.15) is 5.10 Å². The molecular weight excluding hydrogens is 300 g/mol. The Balaban J connectivity index is 2.16. The fraction of sp³-hybridized carbons (Fsp3) is 0.286. The van der Waals surface area contributed by atoms with Crippen LogP contribution in [0.15, 0.2) is 30.5 Å². The summed E-state index contributed by atoms with van der Waals surface area (Å²) in [5.74, 6) is -0.583. The van der Waals surface area contributed by atoms with Crippen molar-refractivity contribution in [3.8, 4) is 0 Å². The molecule has 1 heterocycles. The Morgan fingerprint density at radius 3 is 2.52 bits per heavy atom. The number of rotatable bonds is 4. The van der Waals surface area contributed by atoms with Gasteiger partial charge in [0.15, 0.2) is 0 Å². The molecule has 1 aromatic heterocycles. The standard InChI is InChI=1S/C14H14ClF2N3O/c1-8(9-3-5-10(15)6-4-9)18-14(21)11-7-20(2)19-12(11)13(16)17/h3-8,13H,1-2H3,(H,18,21). The molecular formula is C14H14ClF2N3O. The number of aryl methyl sites for hydroxylation is 1. The minimum absolute atomic E-state index is 0.117. The summed E-state index contributed by atoms with van der Waals surface area (Å²) in [4.78, 5) is 12.1. The lowest BCUT2D eigenvalue weighted by molar-refractivity contribution is 0.0925. The largest absolute Gasteiger partial charge is 0.345 e. The SMILES string of the molecule is CC(NC(=O)c1cn(C)nc1C(F)F)c1ccc(Cl)cc1. The van der Waals surface area contributed by atoms with Gasteiger partial charge in [0.25, 0.3) is 12.3 Å². The zero-order valence-corrected chi connectivity index (χ0v) is 12.2. The van der Waals surface area contributed by atoms with Crippen molar-refractivity contribution in [1.29, 1.82) is 0 Å². The molecule has 0 aliphatic rings. The number of hydrogen-bond acceptors (Lipinski definition) is 2. The van der Waals surface area contributed by atoms with Gasteiger partial charge in [-0.3, -0.25) is 9.48 Å². The zero-order valence-electron chi connectivity index (χ0n) is 11.5.